The first-order chi connectivity index (χ1) is 10.3. The van der Waals surface area contributed by atoms with Gasteiger partial charge in [0.25, 0.3) is 5.91 Å². The second kappa shape index (κ2) is 6.62. The highest BCUT2D eigenvalue weighted by molar-refractivity contribution is 6.06. The molecule has 0 bridgehead atoms. The van der Waals surface area contributed by atoms with Crippen LogP contribution in [0.4, 0.5) is 4.79 Å². The van der Waals surface area contributed by atoms with Crippen LogP contribution in [0.3, 0.4) is 0 Å². The van der Waals surface area contributed by atoms with Crippen molar-refractivity contribution >= 4 is 17.8 Å². The number of nitrogens with zero attached hydrogens (tertiary/aromatic N) is 3. The van der Waals surface area contributed by atoms with Crippen LogP contribution >= 0.6 is 0 Å². The monoisotopic (exact) mass is 311 g/mol. The van der Waals surface area contributed by atoms with Gasteiger partial charge in [-0.05, 0) is 20.9 Å². The Balaban J connectivity index is 1.78. The summed E-state index contributed by atoms with van der Waals surface area (Å²) in [7, 11) is 1.82. The Labute approximate surface area is 130 Å². The average molecular weight is 311 g/mol. The van der Waals surface area contributed by atoms with E-state index in [9.17, 15) is 14.4 Å². The van der Waals surface area contributed by atoms with E-state index in [1.54, 1.807) is 13.8 Å². The van der Waals surface area contributed by atoms with Crippen molar-refractivity contribution in [3.8, 4) is 0 Å². The van der Waals surface area contributed by atoms with E-state index < -0.39 is 5.54 Å². The minimum absolute atomic E-state index is 0.0847. The maximum absolute atomic E-state index is 12.1. The number of piperazine rings is 1. The lowest BCUT2D eigenvalue weighted by Gasteiger charge is -2.29. The first-order valence-electron chi connectivity index (χ1n) is 7.62. The number of hydrogen-bond donors (Lipinski definition) is 2. The molecule has 22 heavy (non-hydrogen) atoms. The third-order valence-electron chi connectivity index (χ3n) is 4.02. The fourth-order valence-electron chi connectivity index (χ4n) is 2.62. The number of likely N-dealkylation sites (N-methyl/N-ethyl adjacent to an activating group) is 1. The molecule has 8 heteroatoms. The molecule has 0 aromatic rings. The molecule has 2 saturated heterocycles. The zero-order valence-electron chi connectivity index (χ0n) is 13.5. The van der Waals surface area contributed by atoms with E-state index in [0.717, 1.165) is 26.2 Å². The number of amides is 4. The smallest absolute Gasteiger partial charge is 0.325 e. The van der Waals surface area contributed by atoms with Crippen molar-refractivity contribution in [2.45, 2.75) is 19.4 Å². The lowest BCUT2D eigenvalue weighted by Crippen LogP contribution is -2.49. The molecular weight excluding hydrogens is 286 g/mol. The molecular formula is C14H25N5O3. The van der Waals surface area contributed by atoms with Gasteiger partial charge in [0, 0.05) is 39.3 Å². The van der Waals surface area contributed by atoms with Crippen LogP contribution in [0.1, 0.15) is 13.8 Å². The Kier molecular flexibility index (Phi) is 5.02. The molecule has 0 radical (unpaired) electrons. The summed E-state index contributed by atoms with van der Waals surface area (Å²) in [6.45, 7) is 7.55. The molecule has 2 aliphatic heterocycles. The van der Waals surface area contributed by atoms with Crippen molar-refractivity contribution in [3.05, 3.63) is 0 Å². The summed E-state index contributed by atoms with van der Waals surface area (Å²) in [4.78, 5) is 40.9. The van der Waals surface area contributed by atoms with Gasteiger partial charge in [-0.15, -0.1) is 0 Å². The maximum atomic E-state index is 12.1. The van der Waals surface area contributed by atoms with Gasteiger partial charge in [0.15, 0.2) is 0 Å². The Morgan fingerprint density at radius 2 is 1.91 bits per heavy atom. The molecule has 0 spiro atoms. The minimum Gasteiger partial charge on any atom is -0.339 e. The number of carbonyl (C=O) groups excluding carboxylic acids is 3. The van der Waals surface area contributed by atoms with Gasteiger partial charge in [-0.2, -0.15) is 0 Å². The molecule has 0 aromatic heterocycles. The van der Waals surface area contributed by atoms with Crippen molar-refractivity contribution in [1.29, 1.82) is 0 Å². The summed E-state index contributed by atoms with van der Waals surface area (Å²) in [5, 5.41) is 5.85. The summed E-state index contributed by atoms with van der Waals surface area (Å²) in [6.07, 6.45) is 0. The van der Waals surface area contributed by atoms with Gasteiger partial charge in [0.05, 0.1) is 6.54 Å². The summed E-state index contributed by atoms with van der Waals surface area (Å²) >= 11 is 0. The fourth-order valence-corrected chi connectivity index (χ4v) is 2.62. The number of hydrogen-bond acceptors (Lipinski definition) is 5. The van der Waals surface area contributed by atoms with Gasteiger partial charge in [-0.3, -0.25) is 19.4 Å². The van der Waals surface area contributed by atoms with E-state index in [-0.39, 0.29) is 17.8 Å². The molecule has 0 unspecified atom stereocenters. The molecule has 0 saturated carbocycles. The summed E-state index contributed by atoms with van der Waals surface area (Å²) in [5.41, 5.74) is -0.841. The first-order valence-corrected chi connectivity index (χ1v) is 7.62. The van der Waals surface area contributed by atoms with E-state index in [4.69, 9.17) is 0 Å². The zero-order chi connectivity index (χ0) is 16.3. The van der Waals surface area contributed by atoms with Gasteiger partial charge < -0.3 is 15.5 Å². The van der Waals surface area contributed by atoms with E-state index in [2.05, 4.69) is 10.6 Å². The molecule has 4 amide bonds. The van der Waals surface area contributed by atoms with Gasteiger partial charge in [-0.1, -0.05) is 0 Å². The maximum Gasteiger partial charge on any atom is 0.325 e. The topological polar surface area (TPSA) is 85.0 Å². The van der Waals surface area contributed by atoms with Crippen molar-refractivity contribution in [2.24, 2.45) is 0 Å². The lowest BCUT2D eigenvalue weighted by atomic mass is 10.1. The van der Waals surface area contributed by atoms with Crippen molar-refractivity contribution in [1.82, 2.24) is 25.3 Å². The molecule has 2 fully saturated rings. The van der Waals surface area contributed by atoms with E-state index in [1.165, 1.54) is 4.90 Å². The van der Waals surface area contributed by atoms with Crippen LogP contribution in [0.2, 0.25) is 0 Å². The van der Waals surface area contributed by atoms with Crippen LogP contribution in [-0.4, -0.2) is 90.9 Å². The quantitative estimate of drug-likeness (QED) is 0.615. The first kappa shape index (κ1) is 16.7. The second-order valence-electron chi connectivity index (χ2n) is 6.38. The van der Waals surface area contributed by atoms with Crippen LogP contribution in [0, 0.1) is 0 Å². The number of urea groups is 1. The molecule has 124 valence electrons. The number of carbonyl (C=O) groups is 3. The van der Waals surface area contributed by atoms with Crippen LogP contribution in [0.5, 0.6) is 0 Å². The summed E-state index contributed by atoms with van der Waals surface area (Å²) < 4.78 is 0. The molecule has 2 aliphatic rings. The van der Waals surface area contributed by atoms with Crippen LogP contribution in [0.25, 0.3) is 0 Å². The second-order valence-corrected chi connectivity index (χ2v) is 6.38. The predicted molar refractivity (Wildman–Crippen MR) is 81.3 cm³/mol. The third-order valence-corrected chi connectivity index (χ3v) is 4.02. The SMILES string of the molecule is CN(CCN1C(=O)NC(C)(C)C1=O)CC(=O)N1CCNCC1. The van der Waals surface area contributed by atoms with Crippen LogP contribution in [0.15, 0.2) is 0 Å². The highest BCUT2D eigenvalue weighted by Gasteiger charge is 2.43. The Hall–Kier alpha value is -1.67. The van der Waals surface area contributed by atoms with Crippen molar-refractivity contribution in [3.63, 3.8) is 0 Å². The number of nitrogens with one attached hydrogen (secondary N) is 2. The Morgan fingerprint density at radius 1 is 1.27 bits per heavy atom. The normalized spacial score (nSPS) is 21.5. The molecule has 0 aromatic carbocycles. The molecule has 2 rings (SSSR count). The van der Waals surface area contributed by atoms with Gasteiger partial charge in [0.1, 0.15) is 5.54 Å². The molecule has 0 aliphatic carbocycles. The summed E-state index contributed by atoms with van der Waals surface area (Å²) in [5.74, 6) is -0.138. The van der Waals surface area contributed by atoms with Crippen LogP contribution in [-0.2, 0) is 9.59 Å². The average Bonchev–Trinajstić information content (AvgIpc) is 2.66. The van der Waals surface area contributed by atoms with E-state index in [0.29, 0.717) is 19.6 Å². The Bertz CT molecular complexity index is 459. The summed E-state index contributed by atoms with van der Waals surface area (Å²) in [6, 6.07) is -0.364. The van der Waals surface area contributed by atoms with E-state index in [1.807, 2.05) is 16.8 Å². The fraction of sp³-hybridized carbons (Fsp3) is 0.786. The highest BCUT2D eigenvalue weighted by Crippen LogP contribution is 2.16. The van der Waals surface area contributed by atoms with Gasteiger partial charge in [0.2, 0.25) is 5.91 Å². The van der Waals surface area contributed by atoms with E-state index >= 15 is 0 Å². The highest BCUT2D eigenvalue weighted by atomic mass is 16.2. The van der Waals surface area contributed by atoms with Gasteiger partial charge in [-0.25, -0.2) is 4.79 Å². The molecule has 8 nitrogen and oxygen atoms in total. The largest absolute Gasteiger partial charge is 0.339 e. The van der Waals surface area contributed by atoms with Crippen molar-refractivity contribution in [2.75, 3.05) is 52.9 Å². The zero-order valence-corrected chi connectivity index (χ0v) is 13.5. The minimum atomic E-state index is -0.841. The third kappa shape index (κ3) is 3.75. The lowest BCUT2D eigenvalue weighted by molar-refractivity contribution is -0.132. The predicted octanol–water partition coefficient (Wildman–Crippen LogP) is -1.32. The van der Waals surface area contributed by atoms with Gasteiger partial charge >= 0.3 is 6.03 Å². The molecule has 2 heterocycles. The standard InChI is InChI=1S/C14H25N5O3/c1-14(2)12(21)19(13(22)16-14)9-8-17(3)10-11(20)18-6-4-15-5-7-18/h15H,4-10H2,1-3H3,(H,16,22). The molecule has 0 atom stereocenters. The van der Waals surface area contributed by atoms with Crippen molar-refractivity contribution < 1.29 is 14.4 Å². The number of imide groups is 1. The van der Waals surface area contributed by atoms with Crippen LogP contribution < -0.4 is 10.6 Å². The molecule has 2 N–H and O–H groups in total. The number of rotatable bonds is 5. The Morgan fingerprint density at radius 3 is 2.45 bits per heavy atom.